The van der Waals surface area contributed by atoms with E-state index in [9.17, 15) is 14.4 Å². The molecular weight excluding hydrogens is 757 g/mol. The van der Waals surface area contributed by atoms with E-state index < -0.39 is 6.10 Å². The Kier molecular flexibility index (Phi) is 47.4. The van der Waals surface area contributed by atoms with Gasteiger partial charge in [0.05, 0.1) is 0 Å². The molecule has 1 unspecified atom stereocenters. The summed E-state index contributed by atoms with van der Waals surface area (Å²) >= 11 is 0. The van der Waals surface area contributed by atoms with E-state index in [4.69, 9.17) is 14.2 Å². The lowest BCUT2D eigenvalue weighted by Crippen LogP contribution is -2.30. The largest absolute Gasteiger partial charge is 0.462 e. The van der Waals surface area contributed by atoms with Crippen molar-refractivity contribution in [2.75, 3.05) is 13.2 Å². The van der Waals surface area contributed by atoms with Crippen LogP contribution in [0, 0.1) is 0 Å². The number of allylic oxidation sites excluding steroid dienone is 10. The van der Waals surface area contributed by atoms with Crippen molar-refractivity contribution in [1.29, 1.82) is 0 Å². The molecule has 0 aliphatic heterocycles. The molecule has 0 saturated heterocycles. The average molecular weight is 853 g/mol. The first-order valence-electron chi connectivity index (χ1n) is 25.8. The summed E-state index contributed by atoms with van der Waals surface area (Å²) in [5.74, 6) is -0.922. The normalized spacial score (nSPS) is 12.5. The van der Waals surface area contributed by atoms with Crippen molar-refractivity contribution in [1.82, 2.24) is 0 Å². The number of carbonyl (C=O) groups excluding carboxylic acids is 3. The van der Waals surface area contributed by atoms with Gasteiger partial charge in [0.1, 0.15) is 13.2 Å². The second-order valence-corrected chi connectivity index (χ2v) is 17.1. The van der Waals surface area contributed by atoms with E-state index in [0.717, 1.165) is 109 Å². The number of hydrogen-bond donors (Lipinski definition) is 0. The molecule has 352 valence electrons. The van der Waals surface area contributed by atoms with Crippen LogP contribution >= 0.6 is 0 Å². The molecule has 0 fully saturated rings. The van der Waals surface area contributed by atoms with Crippen molar-refractivity contribution >= 4 is 17.9 Å². The van der Waals surface area contributed by atoms with Crippen LogP contribution in [0.4, 0.5) is 0 Å². The quantitative estimate of drug-likeness (QED) is 0.0263. The minimum atomic E-state index is -0.789. The van der Waals surface area contributed by atoms with Gasteiger partial charge in [-0.1, -0.05) is 191 Å². The Bertz CT molecular complexity index is 1120. The molecule has 1 atom stereocenters. The lowest BCUT2D eigenvalue weighted by Gasteiger charge is -2.18. The van der Waals surface area contributed by atoms with E-state index in [1.165, 1.54) is 103 Å². The molecule has 0 aromatic rings. The molecule has 61 heavy (non-hydrogen) atoms. The highest BCUT2D eigenvalue weighted by molar-refractivity contribution is 5.71. The van der Waals surface area contributed by atoms with Gasteiger partial charge >= 0.3 is 17.9 Å². The van der Waals surface area contributed by atoms with Crippen LogP contribution in [0.3, 0.4) is 0 Å². The molecule has 6 heteroatoms. The van der Waals surface area contributed by atoms with Gasteiger partial charge in [0.25, 0.3) is 0 Å². The minimum absolute atomic E-state index is 0.0888. The zero-order valence-electron chi connectivity index (χ0n) is 40.2. The number of rotatable bonds is 46. The summed E-state index contributed by atoms with van der Waals surface area (Å²) < 4.78 is 16.8. The van der Waals surface area contributed by atoms with Gasteiger partial charge in [0.15, 0.2) is 6.10 Å². The minimum Gasteiger partial charge on any atom is -0.462 e. The van der Waals surface area contributed by atoms with Crippen LogP contribution in [0.2, 0.25) is 0 Å². The molecule has 6 nitrogen and oxygen atoms in total. The second-order valence-electron chi connectivity index (χ2n) is 17.1. The van der Waals surface area contributed by atoms with Crippen LogP contribution in [0.5, 0.6) is 0 Å². The van der Waals surface area contributed by atoms with Crippen molar-refractivity contribution in [3.05, 3.63) is 60.8 Å². The first-order valence-corrected chi connectivity index (χ1v) is 25.8. The van der Waals surface area contributed by atoms with E-state index in [2.05, 4.69) is 81.5 Å². The van der Waals surface area contributed by atoms with E-state index in [0.29, 0.717) is 19.3 Å². The molecule has 0 aromatic carbocycles. The van der Waals surface area contributed by atoms with Crippen LogP contribution in [0.1, 0.15) is 252 Å². The van der Waals surface area contributed by atoms with Crippen molar-refractivity contribution in [3.8, 4) is 0 Å². The maximum atomic E-state index is 12.8. The van der Waals surface area contributed by atoms with E-state index in [1.54, 1.807) is 0 Å². The Morgan fingerprint density at radius 1 is 0.328 bits per heavy atom. The summed E-state index contributed by atoms with van der Waals surface area (Å²) in [6.07, 6.45) is 60.5. The number of ether oxygens (including phenoxy) is 3. The number of carbonyl (C=O) groups is 3. The molecule has 0 rings (SSSR count). The molecule has 0 bridgehead atoms. The topological polar surface area (TPSA) is 78.9 Å². The lowest BCUT2D eigenvalue weighted by atomic mass is 10.1. The Hall–Kier alpha value is -2.89. The SMILES string of the molecule is CCCC/C=C\C/C=C\CCCCCCCC(=O)OC(COC(=O)CCCCCCC/C=C\C/C=C\CCCCC)COC(=O)CCCCCCC/C=C\CCCCCCC. The van der Waals surface area contributed by atoms with Gasteiger partial charge in [-0.15, -0.1) is 0 Å². The van der Waals surface area contributed by atoms with Crippen molar-refractivity contribution < 1.29 is 28.6 Å². The van der Waals surface area contributed by atoms with Gasteiger partial charge in [-0.3, -0.25) is 14.4 Å². The standard InChI is InChI=1S/C55H96O6/c1-4-7-10-13-16-19-22-25-28-31-33-36-39-42-45-48-54(57)60-51-52(61-55(58)49-46-43-40-37-34-30-27-24-21-18-15-12-9-6-3)50-59-53(56)47-44-41-38-35-32-29-26-23-20-17-14-11-8-5-2/h15-16,18-19,23-28,52H,4-14,17,20-22,29-51H2,1-3H3/b18-15-,19-16-,26-23-,27-24-,28-25-. The highest BCUT2D eigenvalue weighted by Crippen LogP contribution is 2.14. The molecule has 0 N–H and O–H groups in total. The average Bonchev–Trinajstić information content (AvgIpc) is 3.26. The predicted molar refractivity (Wildman–Crippen MR) is 261 cm³/mol. The lowest BCUT2D eigenvalue weighted by molar-refractivity contribution is -0.167. The fourth-order valence-corrected chi connectivity index (χ4v) is 7.01. The van der Waals surface area contributed by atoms with Crippen molar-refractivity contribution in [3.63, 3.8) is 0 Å². The van der Waals surface area contributed by atoms with Gasteiger partial charge in [0.2, 0.25) is 0 Å². The van der Waals surface area contributed by atoms with Crippen LogP contribution in [0.15, 0.2) is 60.8 Å². The first-order chi connectivity index (χ1) is 30.0. The van der Waals surface area contributed by atoms with Crippen molar-refractivity contribution in [2.45, 2.75) is 258 Å². The van der Waals surface area contributed by atoms with E-state index >= 15 is 0 Å². The maximum Gasteiger partial charge on any atom is 0.306 e. The number of esters is 3. The number of unbranched alkanes of at least 4 members (excludes halogenated alkanes) is 25. The van der Waals surface area contributed by atoms with Gasteiger partial charge in [-0.25, -0.2) is 0 Å². The smallest absolute Gasteiger partial charge is 0.306 e. The zero-order chi connectivity index (χ0) is 44.4. The Morgan fingerprint density at radius 2 is 0.607 bits per heavy atom. The molecule has 0 spiro atoms. The monoisotopic (exact) mass is 853 g/mol. The third-order valence-corrected chi connectivity index (χ3v) is 11.0. The van der Waals surface area contributed by atoms with Crippen LogP contribution in [0.25, 0.3) is 0 Å². The predicted octanol–water partition coefficient (Wildman–Crippen LogP) is 16.9. The highest BCUT2D eigenvalue weighted by Gasteiger charge is 2.19. The van der Waals surface area contributed by atoms with Gasteiger partial charge in [-0.05, 0) is 103 Å². The summed E-state index contributed by atoms with van der Waals surface area (Å²) in [5.41, 5.74) is 0. The first kappa shape index (κ1) is 58.1. The van der Waals surface area contributed by atoms with Crippen LogP contribution in [-0.2, 0) is 28.6 Å². The summed E-state index contributed by atoms with van der Waals surface area (Å²) in [4.78, 5) is 38.0. The molecule has 0 aliphatic rings. The van der Waals surface area contributed by atoms with E-state index in [1.807, 2.05) is 0 Å². The Balaban J connectivity index is 4.44. The van der Waals surface area contributed by atoms with Crippen LogP contribution < -0.4 is 0 Å². The number of hydrogen-bond acceptors (Lipinski definition) is 6. The third-order valence-electron chi connectivity index (χ3n) is 11.0. The Morgan fingerprint density at radius 3 is 1.00 bits per heavy atom. The third kappa shape index (κ3) is 48.0. The van der Waals surface area contributed by atoms with Gasteiger partial charge in [0, 0.05) is 19.3 Å². The summed E-state index contributed by atoms with van der Waals surface area (Å²) in [6, 6.07) is 0. The second kappa shape index (κ2) is 49.8. The van der Waals surface area contributed by atoms with E-state index in [-0.39, 0.29) is 31.1 Å². The molecule has 0 radical (unpaired) electrons. The fourth-order valence-electron chi connectivity index (χ4n) is 7.01. The molecule has 0 heterocycles. The molecule has 0 aromatic heterocycles. The van der Waals surface area contributed by atoms with Gasteiger partial charge < -0.3 is 14.2 Å². The van der Waals surface area contributed by atoms with Crippen molar-refractivity contribution in [2.24, 2.45) is 0 Å². The van der Waals surface area contributed by atoms with Gasteiger partial charge in [-0.2, -0.15) is 0 Å². The summed E-state index contributed by atoms with van der Waals surface area (Å²) in [7, 11) is 0. The molecule has 0 saturated carbocycles. The fraction of sp³-hybridized carbons (Fsp3) is 0.764. The maximum absolute atomic E-state index is 12.8. The molecular formula is C55H96O6. The van der Waals surface area contributed by atoms with Crippen LogP contribution in [-0.4, -0.2) is 37.2 Å². The Labute approximate surface area is 377 Å². The molecule has 0 aliphatic carbocycles. The summed E-state index contributed by atoms with van der Waals surface area (Å²) in [5, 5.41) is 0. The highest BCUT2D eigenvalue weighted by atomic mass is 16.6. The zero-order valence-corrected chi connectivity index (χ0v) is 40.2. The summed E-state index contributed by atoms with van der Waals surface area (Å²) in [6.45, 7) is 6.53. The molecule has 0 amide bonds.